The normalized spacial score (nSPS) is 14.5. The molecule has 1 amide bonds. The summed E-state index contributed by atoms with van der Waals surface area (Å²) in [5.41, 5.74) is 1.73. The lowest BCUT2D eigenvalue weighted by molar-refractivity contribution is -0.123. The number of carbonyl (C=O) groups is 2. The third-order valence-corrected chi connectivity index (χ3v) is 5.30. The van der Waals surface area contributed by atoms with Crippen molar-refractivity contribution in [2.75, 3.05) is 26.0 Å². The molecule has 2 aromatic carbocycles. The number of ketones is 1. The fourth-order valence-electron chi connectivity index (χ4n) is 2.82. The van der Waals surface area contributed by atoms with Crippen LogP contribution >= 0.6 is 11.8 Å². The maximum absolute atomic E-state index is 13.9. The number of amides is 1. The summed E-state index contributed by atoms with van der Waals surface area (Å²) in [4.78, 5) is 24.6. The van der Waals surface area contributed by atoms with Crippen molar-refractivity contribution in [1.29, 1.82) is 0 Å². The van der Waals surface area contributed by atoms with Crippen molar-refractivity contribution in [3.63, 3.8) is 0 Å². The summed E-state index contributed by atoms with van der Waals surface area (Å²) >= 11 is 1.31. The van der Waals surface area contributed by atoms with Gasteiger partial charge in [-0.25, -0.2) is 4.39 Å². The Morgan fingerprint density at radius 3 is 2.86 bits per heavy atom. The number of fused-ring (bicyclic) bond motifs is 1. The summed E-state index contributed by atoms with van der Waals surface area (Å²) in [6.07, 6.45) is 1.76. The van der Waals surface area contributed by atoms with E-state index in [1.54, 1.807) is 36.4 Å². The highest BCUT2D eigenvalue weighted by atomic mass is 32.2. The molecule has 2 aromatic rings. The molecule has 0 fully saturated rings. The van der Waals surface area contributed by atoms with Gasteiger partial charge in [0.1, 0.15) is 5.82 Å². The fourth-order valence-corrected chi connectivity index (χ4v) is 3.85. The van der Waals surface area contributed by atoms with Gasteiger partial charge in [0.25, 0.3) is 5.91 Å². The highest BCUT2D eigenvalue weighted by Crippen LogP contribution is 2.36. The van der Waals surface area contributed by atoms with Crippen molar-refractivity contribution < 1.29 is 23.5 Å². The Labute approximate surface area is 166 Å². The Hall–Kier alpha value is -2.80. The molecule has 1 heterocycles. The lowest BCUT2D eigenvalue weighted by Crippen LogP contribution is -2.28. The van der Waals surface area contributed by atoms with Crippen molar-refractivity contribution >= 4 is 29.5 Å². The highest BCUT2D eigenvalue weighted by molar-refractivity contribution is 7.99. The maximum atomic E-state index is 13.9. The molecule has 146 valence electrons. The second-order valence-corrected chi connectivity index (χ2v) is 7.04. The van der Waals surface area contributed by atoms with E-state index in [0.29, 0.717) is 39.8 Å². The number of methoxy groups -OCH3 is 1. The van der Waals surface area contributed by atoms with Crippen LogP contribution in [0.2, 0.25) is 0 Å². The van der Waals surface area contributed by atoms with E-state index in [2.05, 4.69) is 5.32 Å². The number of rotatable bonds is 6. The summed E-state index contributed by atoms with van der Waals surface area (Å²) < 4.78 is 24.7. The molecule has 0 spiro atoms. The molecule has 3 rings (SSSR count). The summed E-state index contributed by atoms with van der Waals surface area (Å²) in [7, 11) is 1.51. The monoisotopic (exact) mass is 401 g/mol. The third kappa shape index (κ3) is 4.36. The van der Waals surface area contributed by atoms with E-state index in [9.17, 15) is 14.0 Å². The number of thioether (sulfide) groups is 1. The molecular formula is C21H20FNO4S. The number of likely N-dealkylation sites (N-methyl/N-ethyl adjacent to an activating group) is 1. The van der Waals surface area contributed by atoms with Crippen LogP contribution in [0.25, 0.3) is 6.08 Å². The number of nitrogens with one attached hydrogen (secondary N) is 1. The molecule has 0 aromatic heterocycles. The van der Waals surface area contributed by atoms with Crippen molar-refractivity contribution in [3.8, 4) is 11.5 Å². The quantitative estimate of drug-likeness (QED) is 0.748. The van der Waals surface area contributed by atoms with Gasteiger partial charge in [-0.1, -0.05) is 12.1 Å². The van der Waals surface area contributed by atoms with Crippen LogP contribution in [-0.2, 0) is 4.79 Å². The fraction of sp³-hybridized carbons (Fsp3) is 0.238. The van der Waals surface area contributed by atoms with Gasteiger partial charge in [-0.15, -0.1) is 11.8 Å². The SMILES string of the molecule is CCNC(=O)COc1ccc(C=C2CSc3c(F)cccc3C2=O)cc1OC. The minimum absolute atomic E-state index is 0.109. The third-order valence-electron chi connectivity index (χ3n) is 4.14. The lowest BCUT2D eigenvalue weighted by atomic mass is 10.0. The van der Waals surface area contributed by atoms with Gasteiger partial charge < -0.3 is 14.8 Å². The number of ether oxygens (including phenoxy) is 2. The first-order valence-corrected chi connectivity index (χ1v) is 9.76. The molecule has 0 saturated heterocycles. The molecule has 0 bridgehead atoms. The van der Waals surface area contributed by atoms with E-state index in [4.69, 9.17) is 9.47 Å². The number of hydrogen-bond acceptors (Lipinski definition) is 5. The highest BCUT2D eigenvalue weighted by Gasteiger charge is 2.24. The van der Waals surface area contributed by atoms with Crippen molar-refractivity contribution in [2.24, 2.45) is 0 Å². The van der Waals surface area contributed by atoms with Crippen LogP contribution in [0.15, 0.2) is 46.9 Å². The van der Waals surface area contributed by atoms with Gasteiger partial charge in [-0.3, -0.25) is 9.59 Å². The van der Waals surface area contributed by atoms with Crippen molar-refractivity contribution in [2.45, 2.75) is 11.8 Å². The van der Waals surface area contributed by atoms with Gasteiger partial charge in [0.05, 0.1) is 12.0 Å². The molecule has 1 aliphatic rings. The molecule has 0 aliphatic carbocycles. The molecule has 0 saturated carbocycles. The summed E-state index contributed by atoms with van der Waals surface area (Å²) in [5.74, 6) is 0.527. The van der Waals surface area contributed by atoms with Gasteiger partial charge in [-0.2, -0.15) is 0 Å². The zero-order valence-electron chi connectivity index (χ0n) is 15.6. The van der Waals surface area contributed by atoms with E-state index in [0.717, 1.165) is 5.56 Å². The molecule has 0 radical (unpaired) electrons. The van der Waals surface area contributed by atoms with Crippen LogP contribution in [0.4, 0.5) is 4.39 Å². The average Bonchev–Trinajstić information content (AvgIpc) is 2.69. The van der Waals surface area contributed by atoms with Gasteiger partial charge >= 0.3 is 0 Å². The molecule has 5 nitrogen and oxygen atoms in total. The molecule has 1 aliphatic heterocycles. The van der Waals surface area contributed by atoms with E-state index >= 15 is 0 Å². The summed E-state index contributed by atoms with van der Waals surface area (Å²) in [6.45, 7) is 2.26. The number of Topliss-reactive ketones (excluding diaryl/α,β-unsaturated/α-hetero) is 1. The minimum Gasteiger partial charge on any atom is -0.493 e. The van der Waals surface area contributed by atoms with E-state index < -0.39 is 0 Å². The van der Waals surface area contributed by atoms with Crippen molar-refractivity contribution in [3.05, 3.63) is 58.9 Å². The predicted molar refractivity (Wildman–Crippen MR) is 107 cm³/mol. The van der Waals surface area contributed by atoms with Gasteiger partial charge in [-0.05, 0) is 42.8 Å². The average molecular weight is 401 g/mol. The Morgan fingerprint density at radius 2 is 2.11 bits per heavy atom. The van der Waals surface area contributed by atoms with Crippen LogP contribution in [-0.4, -0.2) is 37.7 Å². The molecule has 0 unspecified atom stereocenters. The van der Waals surface area contributed by atoms with Crippen LogP contribution in [0.3, 0.4) is 0 Å². The number of carbonyl (C=O) groups excluding carboxylic acids is 2. The molecule has 0 atom stereocenters. The standard InChI is InChI=1S/C21H20FNO4S/c1-3-23-19(24)11-27-17-8-7-13(10-18(17)26-2)9-14-12-28-21-15(20(14)25)5-4-6-16(21)22/h4-10H,3,11-12H2,1-2H3,(H,23,24). The number of benzene rings is 2. The Kier molecular flexibility index (Phi) is 6.36. The Balaban J connectivity index is 1.81. The lowest BCUT2D eigenvalue weighted by Gasteiger charge is -2.17. The summed E-state index contributed by atoms with van der Waals surface area (Å²) in [6, 6.07) is 9.75. The maximum Gasteiger partial charge on any atom is 0.257 e. The Bertz CT molecular complexity index is 942. The number of halogens is 1. The first-order chi connectivity index (χ1) is 13.5. The van der Waals surface area contributed by atoms with Crippen molar-refractivity contribution in [1.82, 2.24) is 5.32 Å². The zero-order valence-corrected chi connectivity index (χ0v) is 16.4. The second kappa shape index (κ2) is 8.93. The predicted octanol–water partition coefficient (Wildman–Crippen LogP) is 3.72. The van der Waals surface area contributed by atoms with E-state index in [1.165, 1.54) is 24.9 Å². The minimum atomic E-state index is -0.370. The van der Waals surface area contributed by atoms with Gasteiger partial charge in [0, 0.05) is 23.4 Å². The first kappa shape index (κ1) is 19.9. The van der Waals surface area contributed by atoms with E-state index in [-0.39, 0.29) is 24.1 Å². The second-order valence-electron chi connectivity index (χ2n) is 6.06. The molecule has 7 heteroatoms. The molecular weight excluding hydrogens is 381 g/mol. The smallest absolute Gasteiger partial charge is 0.257 e. The van der Waals surface area contributed by atoms with Gasteiger partial charge in [0.2, 0.25) is 0 Å². The van der Waals surface area contributed by atoms with Crippen LogP contribution in [0.5, 0.6) is 11.5 Å². The first-order valence-electron chi connectivity index (χ1n) is 8.77. The van der Waals surface area contributed by atoms with Crippen LogP contribution < -0.4 is 14.8 Å². The van der Waals surface area contributed by atoms with Gasteiger partial charge in [0.15, 0.2) is 23.9 Å². The molecule has 28 heavy (non-hydrogen) atoms. The van der Waals surface area contributed by atoms with Crippen LogP contribution in [0.1, 0.15) is 22.8 Å². The topological polar surface area (TPSA) is 64.6 Å². The number of hydrogen-bond donors (Lipinski definition) is 1. The molecule has 1 N–H and O–H groups in total. The zero-order chi connectivity index (χ0) is 20.1. The van der Waals surface area contributed by atoms with E-state index in [1.807, 2.05) is 6.92 Å². The largest absolute Gasteiger partial charge is 0.493 e. The Morgan fingerprint density at radius 1 is 1.29 bits per heavy atom. The summed E-state index contributed by atoms with van der Waals surface area (Å²) in [5, 5.41) is 2.65. The van der Waals surface area contributed by atoms with Crippen LogP contribution in [0, 0.1) is 5.82 Å².